The summed E-state index contributed by atoms with van der Waals surface area (Å²) in [5, 5.41) is 0. The normalized spacial score (nSPS) is 17.1. The van der Waals surface area contributed by atoms with Crippen molar-refractivity contribution in [3.63, 3.8) is 0 Å². The Morgan fingerprint density at radius 1 is 1.14 bits per heavy atom. The fraction of sp³-hybridized carbons (Fsp3) is 0.611. The van der Waals surface area contributed by atoms with Gasteiger partial charge in [-0.15, -0.1) is 0 Å². The molecule has 0 bridgehead atoms. The SMILES string of the molecule is CC(C)C(C)C(=O)c1ccc(OCCN2CCCC2)cc1. The summed E-state index contributed by atoms with van der Waals surface area (Å²) in [6.07, 6.45) is 2.62. The van der Waals surface area contributed by atoms with Crippen molar-refractivity contribution >= 4 is 5.78 Å². The van der Waals surface area contributed by atoms with E-state index < -0.39 is 0 Å². The molecule has 1 fully saturated rings. The molecule has 0 radical (unpaired) electrons. The molecule has 0 spiro atoms. The summed E-state index contributed by atoms with van der Waals surface area (Å²) in [7, 11) is 0. The van der Waals surface area contributed by atoms with Crippen molar-refractivity contribution in [1.82, 2.24) is 4.90 Å². The molecule has 1 atom stereocenters. The maximum Gasteiger partial charge on any atom is 0.165 e. The van der Waals surface area contributed by atoms with Crippen LogP contribution in [0.3, 0.4) is 0 Å². The highest BCUT2D eigenvalue weighted by molar-refractivity contribution is 5.97. The molecule has 0 aliphatic carbocycles. The van der Waals surface area contributed by atoms with Gasteiger partial charge in [-0.25, -0.2) is 0 Å². The van der Waals surface area contributed by atoms with Crippen molar-refractivity contribution in [3.05, 3.63) is 29.8 Å². The van der Waals surface area contributed by atoms with E-state index in [4.69, 9.17) is 4.74 Å². The van der Waals surface area contributed by atoms with E-state index in [-0.39, 0.29) is 11.7 Å². The number of ether oxygens (including phenoxy) is 1. The summed E-state index contributed by atoms with van der Waals surface area (Å²) in [6, 6.07) is 7.58. The van der Waals surface area contributed by atoms with E-state index in [1.54, 1.807) is 0 Å². The second kappa shape index (κ2) is 7.60. The van der Waals surface area contributed by atoms with Gasteiger partial charge in [0.25, 0.3) is 0 Å². The Kier molecular flexibility index (Phi) is 5.80. The molecule has 3 heteroatoms. The summed E-state index contributed by atoms with van der Waals surface area (Å²) in [5.74, 6) is 1.50. The number of hydrogen-bond acceptors (Lipinski definition) is 3. The maximum atomic E-state index is 12.2. The molecule has 0 aromatic heterocycles. The standard InChI is InChI=1S/C18H27NO2/c1-14(2)15(3)18(20)16-6-8-17(9-7-16)21-13-12-19-10-4-5-11-19/h6-9,14-15H,4-5,10-13H2,1-3H3. The molecule has 0 N–H and O–H groups in total. The Morgan fingerprint density at radius 2 is 1.76 bits per heavy atom. The van der Waals surface area contributed by atoms with Crippen LogP contribution >= 0.6 is 0 Å². The fourth-order valence-electron chi connectivity index (χ4n) is 2.58. The van der Waals surface area contributed by atoms with Crippen LogP contribution in [0.15, 0.2) is 24.3 Å². The molecule has 1 unspecified atom stereocenters. The Bertz CT molecular complexity index is 447. The number of rotatable bonds is 7. The number of nitrogens with zero attached hydrogens (tertiary/aromatic N) is 1. The van der Waals surface area contributed by atoms with Gasteiger partial charge in [-0.2, -0.15) is 0 Å². The summed E-state index contributed by atoms with van der Waals surface area (Å²) in [5.41, 5.74) is 0.781. The highest BCUT2D eigenvalue weighted by Crippen LogP contribution is 2.19. The molecule has 1 aliphatic rings. The van der Waals surface area contributed by atoms with Crippen LogP contribution in [-0.4, -0.2) is 36.9 Å². The molecule has 1 aromatic rings. The average Bonchev–Trinajstić information content (AvgIpc) is 2.99. The van der Waals surface area contributed by atoms with E-state index >= 15 is 0 Å². The van der Waals surface area contributed by atoms with Crippen LogP contribution in [-0.2, 0) is 0 Å². The topological polar surface area (TPSA) is 29.5 Å². The summed E-state index contributed by atoms with van der Waals surface area (Å²) < 4.78 is 5.76. The van der Waals surface area contributed by atoms with E-state index in [1.165, 1.54) is 25.9 Å². The zero-order valence-corrected chi connectivity index (χ0v) is 13.5. The lowest BCUT2D eigenvalue weighted by Gasteiger charge is -2.16. The smallest absolute Gasteiger partial charge is 0.165 e. The second-order valence-electron chi connectivity index (χ2n) is 6.32. The number of benzene rings is 1. The number of Topliss-reactive ketones (excluding diaryl/α,β-unsaturated/α-hetero) is 1. The third-order valence-electron chi connectivity index (χ3n) is 4.43. The first-order chi connectivity index (χ1) is 10.1. The van der Waals surface area contributed by atoms with E-state index in [9.17, 15) is 4.79 Å². The molecule has 116 valence electrons. The Labute approximate surface area is 128 Å². The maximum absolute atomic E-state index is 12.2. The van der Waals surface area contributed by atoms with Crippen molar-refractivity contribution in [3.8, 4) is 5.75 Å². The summed E-state index contributed by atoms with van der Waals surface area (Å²) in [4.78, 5) is 14.7. The molecule has 1 aliphatic heterocycles. The van der Waals surface area contributed by atoms with Gasteiger partial charge in [0.05, 0.1) is 0 Å². The third-order valence-corrected chi connectivity index (χ3v) is 4.43. The van der Waals surface area contributed by atoms with Crippen molar-refractivity contribution in [2.45, 2.75) is 33.6 Å². The number of carbonyl (C=O) groups is 1. The van der Waals surface area contributed by atoms with Crippen LogP contribution in [0.2, 0.25) is 0 Å². The van der Waals surface area contributed by atoms with E-state index in [0.717, 1.165) is 24.5 Å². The first-order valence-electron chi connectivity index (χ1n) is 8.07. The van der Waals surface area contributed by atoms with Crippen LogP contribution in [0.4, 0.5) is 0 Å². The first-order valence-corrected chi connectivity index (χ1v) is 8.07. The number of ketones is 1. The summed E-state index contributed by atoms with van der Waals surface area (Å²) >= 11 is 0. The van der Waals surface area contributed by atoms with Crippen molar-refractivity contribution in [2.75, 3.05) is 26.2 Å². The minimum Gasteiger partial charge on any atom is -0.492 e. The van der Waals surface area contributed by atoms with Crippen LogP contribution in [0, 0.1) is 11.8 Å². The minimum absolute atomic E-state index is 0.0620. The molecule has 21 heavy (non-hydrogen) atoms. The van der Waals surface area contributed by atoms with Gasteiger partial charge in [0.1, 0.15) is 12.4 Å². The van der Waals surface area contributed by atoms with Crippen LogP contribution in [0.5, 0.6) is 5.75 Å². The lowest BCUT2D eigenvalue weighted by molar-refractivity contribution is 0.0899. The summed E-state index contributed by atoms with van der Waals surface area (Å²) in [6.45, 7) is 10.3. The fourth-order valence-corrected chi connectivity index (χ4v) is 2.58. The van der Waals surface area contributed by atoms with Gasteiger partial charge in [-0.05, 0) is 56.1 Å². The van der Waals surface area contributed by atoms with Gasteiger partial charge >= 0.3 is 0 Å². The Morgan fingerprint density at radius 3 is 2.33 bits per heavy atom. The molecular weight excluding hydrogens is 262 g/mol. The predicted molar refractivity (Wildman–Crippen MR) is 85.9 cm³/mol. The number of hydrogen-bond donors (Lipinski definition) is 0. The van der Waals surface area contributed by atoms with Crippen LogP contribution in [0.1, 0.15) is 44.0 Å². The van der Waals surface area contributed by atoms with Gasteiger partial charge in [-0.1, -0.05) is 20.8 Å². The quantitative estimate of drug-likeness (QED) is 0.718. The number of carbonyl (C=O) groups excluding carboxylic acids is 1. The molecule has 3 nitrogen and oxygen atoms in total. The Hall–Kier alpha value is -1.35. The molecule has 1 heterocycles. The van der Waals surface area contributed by atoms with Gasteiger partial charge in [0, 0.05) is 18.0 Å². The zero-order chi connectivity index (χ0) is 15.2. The largest absolute Gasteiger partial charge is 0.492 e. The van der Waals surface area contributed by atoms with Gasteiger partial charge in [0.15, 0.2) is 5.78 Å². The van der Waals surface area contributed by atoms with Crippen molar-refractivity contribution < 1.29 is 9.53 Å². The van der Waals surface area contributed by atoms with Crippen molar-refractivity contribution in [1.29, 1.82) is 0 Å². The second-order valence-corrected chi connectivity index (χ2v) is 6.32. The van der Waals surface area contributed by atoms with Gasteiger partial charge in [-0.3, -0.25) is 9.69 Å². The van der Waals surface area contributed by atoms with Gasteiger partial charge in [0.2, 0.25) is 0 Å². The monoisotopic (exact) mass is 289 g/mol. The number of likely N-dealkylation sites (tertiary alicyclic amines) is 1. The predicted octanol–water partition coefficient (Wildman–Crippen LogP) is 3.64. The van der Waals surface area contributed by atoms with E-state index in [0.29, 0.717) is 5.92 Å². The van der Waals surface area contributed by atoms with Gasteiger partial charge < -0.3 is 4.74 Å². The molecule has 1 aromatic carbocycles. The van der Waals surface area contributed by atoms with Crippen LogP contribution < -0.4 is 4.74 Å². The van der Waals surface area contributed by atoms with E-state index in [1.807, 2.05) is 31.2 Å². The first kappa shape index (κ1) is 16.0. The highest BCUT2D eigenvalue weighted by Gasteiger charge is 2.18. The average molecular weight is 289 g/mol. The molecule has 2 rings (SSSR count). The third kappa shape index (κ3) is 4.57. The molecule has 0 amide bonds. The van der Waals surface area contributed by atoms with E-state index in [2.05, 4.69) is 18.7 Å². The lowest BCUT2D eigenvalue weighted by Crippen LogP contribution is -2.25. The zero-order valence-electron chi connectivity index (χ0n) is 13.5. The lowest BCUT2D eigenvalue weighted by atomic mass is 9.90. The molecular formula is C18H27NO2. The highest BCUT2D eigenvalue weighted by atomic mass is 16.5. The Balaban J connectivity index is 1.82. The molecule has 1 saturated heterocycles. The molecule has 0 saturated carbocycles. The van der Waals surface area contributed by atoms with Crippen molar-refractivity contribution in [2.24, 2.45) is 11.8 Å². The van der Waals surface area contributed by atoms with Crippen LogP contribution in [0.25, 0.3) is 0 Å². The minimum atomic E-state index is 0.0620.